The van der Waals surface area contributed by atoms with Crippen LogP contribution in [0.1, 0.15) is 16.7 Å². The van der Waals surface area contributed by atoms with E-state index in [4.69, 9.17) is 4.74 Å². The summed E-state index contributed by atoms with van der Waals surface area (Å²) in [6, 6.07) is 63.3. The topological polar surface area (TPSA) is 12.2 Å². The van der Waals surface area contributed by atoms with E-state index < -0.39 is 6.15 Å². The van der Waals surface area contributed by atoms with E-state index in [0.29, 0.717) is 6.04 Å². The minimum Gasteiger partial charge on any atom is -0.378 e. The summed E-state index contributed by atoms with van der Waals surface area (Å²) >= 11 is 0. The molecular formula is C43H42BNO. The zero-order valence-corrected chi connectivity index (χ0v) is 26.7. The van der Waals surface area contributed by atoms with Gasteiger partial charge in [-0.2, -0.15) is 21.9 Å². The molecule has 1 atom stereocenters. The second kappa shape index (κ2) is 15.3. The smallest absolute Gasteiger partial charge is 0.179 e. The quantitative estimate of drug-likeness (QED) is 0.147. The Hall–Kier alpha value is -4.99. The molecule has 3 heteroatoms. The number of hydrogen-bond acceptors (Lipinski definition) is 1. The molecular weight excluding hydrogens is 557 g/mol. The molecule has 0 radical (unpaired) electrons. The van der Waals surface area contributed by atoms with E-state index in [1.807, 2.05) is 0 Å². The van der Waals surface area contributed by atoms with Crippen molar-refractivity contribution in [2.24, 2.45) is 0 Å². The number of nitrogens with zero attached hydrogens (tertiary/aromatic N) is 1. The first kappa shape index (κ1) is 31.0. The highest BCUT2D eigenvalue weighted by molar-refractivity contribution is 7.19. The Balaban J connectivity index is 0.000000164. The maximum atomic E-state index is 5.46. The highest BCUT2D eigenvalue weighted by Crippen LogP contribution is 2.15. The van der Waals surface area contributed by atoms with E-state index in [0.717, 1.165) is 26.0 Å². The van der Waals surface area contributed by atoms with Gasteiger partial charge in [-0.05, 0) is 17.2 Å². The molecule has 1 aliphatic rings. The van der Waals surface area contributed by atoms with Crippen molar-refractivity contribution >= 4 is 34.2 Å². The molecule has 1 heterocycles. The highest BCUT2D eigenvalue weighted by atomic mass is 16.5. The lowest BCUT2D eigenvalue weighted by molar-refractivity contribution is -0.565. The fourth-order valence-electron chi connectivity index (χ4n) is 7.14. The van der Waals surface area contributed by atoms with Crippen molar-refractivity contribution in [2.45, 2.75) is 18.9 Å². The van der Waals surface area contributed by atoms with Crippen LogP contribution in [0.3, 0.4) is 0 Å². The van der Waals surface area contributed by atoms with Crippen LogP contribution in [0.4, 0.5) is 0 Å². The van der Waals surface area contributed by atoms with E-state index in [1.54, 1.807) is 7.11 Å². The van der Waals surface area contributed by atoms with Crippen LogP contribution in [0.5, 0.6) is 0 Å². The first-order valence-electron chi connectivity index (χ1n) is 16.4. The number of hydrogen-bond donors (Lipinski definition) is 0. The summed E-state index contributed by atoms with van der Waals surface area (Å²) in [6.07, 6.45) is 3.22. The lowest BCUT2D eigenvalue weighted by atomic mass is 9.13. The molecule has 0 saturated heterocycles. The molecule has 0 saturated carbocycles. The van der Waals surface area contributed by atoms with Crippen LogP contribution in [-0.4, -0.2) is 43.2 Å². The zero-order valence-electron chi connectivity index (χ0n) is 26.7. The fraction of sp³-hybridized carbons (Fsp3) is 0.140. The Bertz CT molecular complexity index is 1640. The van der Waals surface area contributed by atoms with E-state index >= 15 is 0 Å². The summed E-state index contributed by atoms with van der Waals surface area (Å²) in [5.74, 6) is 0. The van der Waals surface area contributed by atoms with Crippen molar-refractivity contribution in [2.75, 3.05) is 20.3 Å². The van der Waals surface area contributed by atoms with Gasteiger partial charge < -0.3 is 4.74 Å². The van der Waals surface area contributed by atoms with Gasteiger partial charge >= 0.3 is 0 Å². The third-order valence-electron chi connectivity index (χ3n) is 9.34. The molecule has 46 heavy (non-hydrogen) atoms. The predicted octanol–water partition coefficient (Wildman–Crippen LogP) is 6.00. The molecule has 1 aliphatic heterocycles. The fourth-order valence-corrected chi connectivity index (χ4v) is 7.14. The number of rotatable bonds is 9. The minimum absolute atomic E-state index is 0.394. The van der Waals surface area contributed by atoms with Crippen molar-refractivity contribution < 1.29 is 9.31 Å². The van der Waals surface area contributed by atoms with Crippen LogP contribution in [-0.2, 0) is 17.6 Å². The number of methoxy groups -OCH3 is 1. The van der Waals surface area contributed by atoms with Gasteiger partial charge in [0.05, 0.1) is 0 Å². The summed E-state index contributed by atoms with van der Waals surface area (Å²) in [6.45, 7) is 1.82. The number of benzene rings is 6. The van der Waals surface area contributed by atoms with Crippen molar-refractivity contribution in [1.82, 2.24) is 0 Å². The molecule has 6 aromatic carbocycles. The summed E-state index contributed by atoms with van der Waals surface area (Å²) in [5, 5.41) is 0. The monoisotopic (exact) mass is 599 g/mol. The van der Waals surface area contributed by atoms with Crippen LogP contribution in [0.15, 0.2) is 176 Å². The lowest BCUT2D eigenvalue weighted by Crippen LogP contribution is -2.74. The van der Waals surface area contributed by atoms with E-state index in [-0.39, 0.29) is 0 Å². The number of fused-ring (bicyclic) bond motifs is 1. The Kier molecular flexibility index (Phi) is 10.3. The average Bonchev–Trinajstić information content (AvgIpc) is 3.14. The maximum Gasteiger partial charge on any atom is 0.179 e. The molecule has 0 unspecified atom stereocenters. The molecule has 7 rings (SSSR count). The average molecular weight is 600 g/mol. The van der Waals surface area contributed by atoms with Crippen LogP contribution < -0.4 is 21.9 Å². The Labute approximate surface area is 274 Å². The van der Waals surface area contributed by atoms with Crippen molar-refractivity contribution in [3.63, 3.8) is 0 Å². The summed E-state index contributed by atoms with van der Waals surface area (Å²) in [7, 11) is 1.79. The molecule has 0 aliphatic carbocycles. The van der Waals surface area contributed by atoms with E-state index in [1.165, 1.54) is 38.5 Å². The summed E-state index contributed by atoms with van der Waals surface area (Å²) < 4.78 is 7.90. The third kappa shape index (κ3) is 6.96. The second-order valence-corrected chi connectivity index (χ2v) is 12.1. The van der Waals surface area contributed by atoms with Gasteiger partial charge in [-0.1, -0.05) is 170 Å². The van der Waals surface area contributed by atoms with Crippen LogP contribution in [0.2, 0.25) is 0 Å². The molecule has 0 spiro atoms. The predicted molar refractivity (Wildman–Crippen MR) is 196 cm³/mol. The maximum absolute atomic E-state index is 5.46. The standard InChI is InChI=1S/C24H20B.C19H22NO/c1-5-13-21(14-6-1)25(22-15-7-2-8-16-22,23-17-9-3-10-18-23)24-19-11-4-12-20-24;1-21-15-19(13-16-7-3-2-4-8-16)20-12-11-17-9-5-6-10-18(17)14-20/h1-20H;2-10,14,19H,11-13,15H2,1H3/q-1;+1/t;19-/m.0/s1. The SMILES string of the molecule is COC[C@H](Cc1ccccc1)[N+]1=Cc2ccccc2CC1.c1ccc([B-](c2ccccc2)(c2ccccc2)c2ccccc2)cc1. The normalized spacial score (nSPS) is 13.0. The molecule has 0 bridgehead atoms. The van der Waals surface area contributed by atoms with Crippen molar-refractivity contribution in [3.05, 3.63) is 193 Å². The largest absolute Gasteiger partial charge is 0.378 e. The Morgan fingerprint density at radius 2 is 0.957 bits per heavy atom. The van der Waals surface area contributed by atoms with Gasteiger partial charge in [0, 0.05) is 25.5 Å². The Morgan fingerprint density at radius 1 is 0.543 bits per heavy atom. The van der Waals surface area contributed by atoms with Gasteiger partial charge in [-0.3, -0.25) is 0 Å². The summed E-state index contributed by atoms with van der Waals surface area (Å²) in [5.41, 5.74) is 9.52. The molecule has 2 nitrogen and oxygen atoms in total. The van der Waals surface area contributed by atoms with Gasteiger partial charge in [-0.15, -0.1) is 0 Å². The molecule has 0 fully saturated rings. The van der Waals surface area contributed by atoms with Gasteiger partial charge in [0.2, 0.25) is 0 Å². The van der Waals surface area contributed by atoms with Gasteiger partial charge in [0.25, 0.3) is 0 Å². The van der Waals surface area contributed by atoms with Crippen LogP contribution in [0, 0.1) is 0 Å². The van der Waals surface area contributed by atoms with Crippen molar-refractivity contribution in [1.29, 1.82) is 0 Å². The van der Waals surface area contributed by atoms with Crippen LogP contribution >= 0.6 is 0 Å². The van der Waals surface area contributed by atoms with E-state index in [9.17, 15) is 0 Å². The minimum atomic E-state index is -1.22. The highest BCUT2D eigenvalue weighted by Gasteiger charge is 2.31. The molecule has 6 aromatic rings. The first-order valence-corrected chi connectivity index (χ1v) is 16.4. The molecule has 0 amide bonds. The zero-order chi connectivity index (χ0) is 31.4. The lowest BCUT2D eigenvalue weighted by Gasteiger charge is -2.44. The Morgan fingerprint density at radius 3 is 1.41 bits per heavy atom. The van der Waals surface area contributed by atoms with Crippen molar-refractivity contribution in [3.8, 4) is 0 Å². The number of ether oxygens (including phenoxy) is 1. The van der Waals surface area contributed by atoms with Gasteiger partial charge in [-0.25, -0.2) is 4.58 Å². The summed E-state index contributed by atoms with van der Waals surface area (Å²) in [4.78, 5) is 0. The van der Waals surface area contributed by atoms with Crippen LogP contribution in [0.25, 0.3) is 0 Å². The molecule has 228 valence electrons. The van der Waals surface area contributed by atoms with Gasteiger partial charge in [0.1, 0.15) is 19.3 Å². The second-order valence-electron chi connectivity index (χ2n) is 12.1. The molecule has 0 aromatic heterocycles. The first-order chi connectivity index (χ1) is 22.8. The molecule has 0 N–H and O–H groups in total. The third-order valence-corrected chi connectivity index (χ3v) is 9.34. The van der Waals surface area contributed by atoms with E-state index in [2.05, 4.69) is 187 Å². The van der Waals surface area contributed by atoms with Gasteiger partial charge in [0.15, 0.2) is 12.3 Å².